The van der Waals surface area contributed by atoms with Gasteiger partial charge in [-0.15, -0.1) is 0 Å². The van der Waals surface area contributed by atoms with Crippen LogP contribution in [0.2, 0.25) is 0 Å². The van der Waals surface area contributed by atoms with Crippen molar-refractivity contribution in [3.05, 3.63) is 11.4 Å². The van der Waals surface area contributed by atoms with Crippen molar-refractivity contribution >= 4 is 7.60 Å². The van der Waals surface area contributed by atoms with Gasteiger partial charge in [0, 0.05) is 19.5 Å². The molecule has 0 spiro atoms. The van der Waals surface area contributed by atoms with Crippen molar-refractivity contribution in [2.75, 3.05) is 14.2 Å². The van der Waals surface area contributed by atoms with Crippen LogP contribution in [0.1, 0.15) is 12.8 Å². The standard InChI is InChI=1S/C7H13O4P/c1-10-12(9,11-2)7-4-3-6(8)5-7/h5-6,8H,3-4H2,1-2H3. The molecular weight excluding hydrogens is 179 g/mol. The maximum Gasteiger partial charge on any atom is 0.356 e. The number of hydrogen-bond donors (Lipinski definition) is 1. The Kier molecular flexibility index (Phi) is 3.07. The fourth-order valence-corrected chi connectivity index (χ4v) is 2.60. The van der Waals surface area contributed by atoms with Crippen LogP contribution in [-0.2, 0) is 13.6 Å². The fourth-order valence-electron chi connectivity index (χ4n) is 1.22. The smallest absolute Gasteiger partial charge is 0.356 e. The lowest BCUT2D eigenvalue weighted by Crippen LogP contribution is -1.93. The highest BCUT2D eigenvalue weighted by molar-refractivity contribution is 7.58. The molecule has 0 aromatic carbocycles. The molecule has 4 nitrogen and oxygen atoms in total. The van der Waals surface area contributed by atoms with Gasteiger partial charge in [0.05, 0.1) is 6.10 Å². The van der Waals surface area contributed by atoms with E-state index in [9.17, 15) is 4.57 Å². The van der Waals surface area contributed by atoms with Crippen molar-refractivity contribution in [2.24, 2.45) is 0 Å². The molecule has 0 aromatic rings. The second-order valence-electron chi connectivity index (χ2n) is 2.63. The van der Waals surface area contributed by atoms with E-state index in [0.717, 1.165) is 0 Å². The zero-order chi connectivity index (χ0) is 9.19. The third-order valence-electron chi connectivity index (χ3n) is 1.91. The Balaban J connectivity index is 2.81. The minimum atomic E-state index is -3.07. The van der Waals surface area contributed by atoms with E-state index in [-0.39, 0.29) is 0 Å². The van der Waals surface area contributed by atoms with Gasteiger partial charge >= 0.3 is 7.60 Å². The van der Waals surface area contributed by atoms with Crippen molar-refractivity contribution in [1.29, 1.82) is 0 Å². The van der Waals surface area contributed by atoms with Gasteiger partial charge in [-0.25, -0.2) is 0 Å². The van der Waals surface area contributed by atoms with Gasteiger partial charge in [-0.2, -0.15) is 0 Å². The molecule has 0 bridgehead atoms. The van der Waals surface area contributed by atoms with E-state index < -0.39 is 13.7 Å². The van der Waals surface area contributed by atoms with E-state index in [1.54, 1.807) is 6.08 Å². The number of aliphatic hydroxyl groups excluding tert-OH is 1. The van der Waals surface area contributed by atoms with Crippen LogP contribution >= 0.6 is 7.60 Å². The summed E-state index contributed by atoms with van der Waals surface area (Å²) in [5.41, 5.74) is 0. The van der Waals surface area contributed by atoms with Gasteiger partial charge < -0.3 is 14.2 Å². The molecule has 0 saturated heterocycles. The Morgan fingerprint density at radius 1 is 1.58 bits per heavy atom. The van der Waals surface area contributed by atoms with Gasteiger partial charge in [-0.1, -0.05) is 0 Å². The zero-order valence-electron chi connectivity index (χ0n) is 7.19. The van der Waals surface area contributed by atoms with E-state index in [4.69, 9.17) is 14.2 Å². The van der Waals surface area contributed by atoms with Crippen LogP contribution in [0.4, 0.5) is 0 Å². The minimum absolute atomic E-state index is 0.501. The average Bonchev–Trinajstić information content (AvgIpc) is 2.51. The highest BCUT2D eigenvalue weighted by atomic mass is 31.2. The normalized spacial score (nSPS) is 24.2. The third kappa shape index (κ3) is 1.77. The van der Waals surface area contributed by atoms with Crippen LogP contribution in [-0.4, -0.2) is 25.4 Å². The lowest BCUT2D eigenvalue weighted by Gasteiger charge is -2.13. The summed E-state index contributed by atoms with van der Waals surface area (Å²) in [5, 5.41) is 9.73. The van der Waals surface area contributed by atoms with Crippen LogP contribution in [0, 0.1) is 0 Å². The fraction of sp³-hybridized carbons (Fsp3) is 0.714. The summed E-state index contributed by atoms with van der Waals surface area (Å²) >= 11 is 0. The van der Waals surface area contributed by atoms with Gasteiger partial charge in [0.15, 0.2) is 0 Å². The van der Waals surface area contributed by atoms with Crippen molar-refractivity contribution < 1.29 is 18.7 Å². The second kappa shape index (κ2) is 3.71. The molecule has 0 aromatic heterocycles. The minimum Gasteiger partial charge on any atom is -0.389 e. The van der Waals surface area contributed by atoms with Gasteiger partial charge in [0.2, 0.25) is 0 Å². The second-order valence-corrected chi connectivity index (χ2v) is 4.93. The lowest BCUT2D eigenvalue weighted by atomic mass is 10.3. The highest BCUT2D eigenvalue weighted by Crippen LogP contribution is 2.58. The van der Waals surface area contributed by atoms with Crippen LogP contribution < -0.4 is 0 Å². The van der Waals surface area contributed by atoms with Crippen molar-refractivity contribution in [3.8, 4) is 0 Å². The van der Waals surface area contributed by atoms with Crippen LogP contribution in [0.5, 0.6) is 0 Å². The number of aliphatic hydroxyl groups is 1. The van der Waals surface area contributed by atoms with E-state index in [0.29, 0.717) is 18.2 Å². The quantitative estimate of drug-likeness (QED) is 0.688. The van der Waals surface area contributed by atoms with Gasteiger partial charge in [0.1, 0.15) is 0 Å². The molecule has 1 aliphatic carbocycles. The number of allylic oxidation sites excluding steroid dienone is 1. The topological polar surface area (TPSA) is 55.8 Å². The van der Waals surface area contributed by atoms with Gasteiger partial charge in [0.25, 0.3) is 0 Å². The van der Waals surface area contributed by atoms with Gasteiger partial charge in [-0.05, 0) is 18.9 Å². The Morgan fingerprint density at radius 2 is 2.17 bits per heavy atom. The summed E-state index contributed by atoms with van der Waals surface area (Å²) in [7, 11) is -0.379. The molecule has 1 N–H and O–H groups in total. The summed E-state index contributed by atoms with van der Waals surface area (Å²) in [6.07, 6.45) is 2.23. The first-order valence-corrected chi connectivity index (χ1v) is 5.27. The summed E-state index contributed by atoms with van der Waals surface area (Å²) in [5.74, 6) is 0. The third-order valence-corrected chi connectivity index (χ3v) is 3.95. The maximum absolute atomic E-state index is 11.7. The van der Waals surface area contributed by atoms with Crippen molar-refractivity contribution in [2.45, 2.75) is 18.9 Å². The molecular formula is C7H13O4P. The molecule has 0 aliphatic heterocycles. The molecule has 5 heteroatoms. The molecule has 1 aliphatic rings. The SMILES string of the molecule is COP(=O)(OC)C1=CC(O)CC1. The van der Waals surface area contributed by atoms with Crippen LogP contribution in [0.15, 0.2) is 11.4 Å². The largest absolute Gasteiger partial charge is 0.389 e. The molecule has 0 fully saturated rings. The highest BCUT2D eigenvalue weighted by Gasteiger charge is 2.31. The van der Waals surface area contributed by atoms with Gasteiger partial charge in [-0.3, -0.25) is 4.57 Å². The Labute approximate surface area is 71.7 Å². The first-order valence-electron chi connectivity index (χ1n) is 3.73. The Hall–Kier alpha value is -0.150. The number of rotatable bonds is 3. The Morgan fingerprint density at radius 3 is 2.50 bits per heavy atom. The molecule has 0 heterocycles. The lowest BCUT2D eigenvalue weighted by molar-refractivity contribution is 0.223. The predicted octanol–water partition coefficient (Wildman–Crippen LogP) is 1.51. The molecule has 0 saturated carbocycles. The maximum atomic E-state index is 11.7. The first-order chi connectivity index (χ1) is 5.62. The molecule has 12 heavy (non-hydrogen) atoms. The summed E-state index contributed by atoms with van der Waals surface area (Å²) in [4.78, 5) is 0. The van der Waals surface area contributed by atoms with E-state index in [1.807, 2.05) is 0 Å². The molecule has 1 rings (SSSR count). The van der Waals surface area contributed by atoms with Crippen molar-refractivity contribution in [1.82, 2.24) is 0 Å². The molecule has 0 amide bonds. The molecule has 1 unspecified atom stereocenters. The Bertz CT molecular complexity index is 228. The number of hydrogen-bond acceptors (Lipinski definition) is 4. The summed E-state index contributed by atoms with van der Waals surface area (Å²) < 4.78 is 21.2. The first kappa shape index (κ1) is 9.93. The van der Waals surface area contributed by atoms with E-state index >= 15 is 0 Å². The molecule has 1 atom stereocenters. The molecule has 70 valence electrons. The van der Waals surface area contributed by atoms with Crippen LogP contribution in [0.25, 0.3) is 0 Å². The average molecular weight is 192 g/mol. The summed E-state index contributed by atoms with van der Waals surface area (Å²) in [6.45, 7) is 0. The van der Waals surface area contributed by atoms with E-state index in [1.165, 1.54) is 14.2 Å². The zero-order valence-corrected chi connectivity index (χ0v) is 8.08. The predicted molar refractivity (Wildman–Crippen MR) is 44.9 cm³/mol. The van der Waals surface area contributed by atoms with Crippen molar-refractivity contribution in [3.63, 3.8) is 0 Å². The van der Waals surface area contributed by atoms with E-state index in [2.05, 4.69) is 0 Å². The summed E-state index contributed by atoms with van der Waals surface area (Å²) in [6, 6.07) is 0. The molecule has 0 radical (unpaired) electrons. The van der Waals surface area contributed by atoms with Crippen LogP contribution in [0.3, 0.4) is 0 Å². The monoisotopic (exact) mass is 192 g/mol.